The molecular formula is C14H15N3OS. The summed E-state index contributed by atoms with van der Waals surface area (Å²) in [4.78, 5) is 21.0. The van der Waals surface area contributed by atoms with Crippen molar-refractivity contribution in [2.24, 2.45) is 0 Å². The summed E-state index contributed by atoms with van der Waals surface area (Å²) in [7, 11) is 0. The van der Waals surface area contributed by atoms with Gasteiger partial charge >= 0.3 is 0 Å². The molecule has 0 atom stereocenters. The van der Waals surface area contributed by atoms with E-state index < -0.39 is 0 Å². The number of hydrogen-bond acceptors (Lipinski definition) is 5. The van der Waals surface area contributed by atoms with Gasteiger partial charge in [-0.3, -0.25) is 4.79 Å². The minimum Gasteiger partial charge on any atom is -0.398 e. The number of aryl methyl sites for hydroxylation is 2. The highest BCUT2D eigenvalue weighted by molar-refractivity contribution is 7.99. The molecule has 0 saturated carbocycles. The van der Waals surface area contributed by atoms with Crippen LogP contribution in [0.5, 0.6) is 0 Å². The molecule has 0 aliphatic carbocycles. The van der Waals surface area contributed by atoms with Crippen LogP contribution in [0.4, 0.5) is 5.69 Å². The summed E-state index contributed by atoms with van der Waals surface area (Å²) in [6.07, 6.45) is 0. The van der Waals surface area contributed by atoms with Crippen LogP contribution in [0.2, 0.25) is 0 Å². The highest BCUT2D eigenvalue weighted by Gasteiger charge is 2.08. The van der Waals surface area contributed by atoms with Crippen molar-refractivity contribution in [1.29, 1.82) is 0 Å². The van der Waals surface area contributed by atoms with Gasteiger partial charge in [-0.25, -0.2) is 9.97 Å². The summed E-state index contributed by atoms with van der Waals surface area (Å²) in [5, 5.41) is 0.687. The number of Topliss-reactive ketones (excluding diaryl/α,β-unsaturated/α-hetero) is 1. The summed E-state index contributed by atoms with van der Waals surface area (Å²) >= 11 is 1.44. The van der Waals surface area contributed by atoms with E-state index in [1.165, 1.54) is 18.7 Å². The van der Waals surface area contributed by atoms with Gasteiger partial charge in [0.05, 0.1) is 0 Å². The number of nitrogens with two attached hydrogens (primary N) is 1. The number of nitrogen functional groups attached to an aromatic ring is 1. The van der Waals surface area contributed by atoms with Crippen LogP contribution in [0, 0.1) is 13.8 Å². The van der Waals surface area contributed by atoms with E-state index in [0.29, 0.717) is 16.4 Å². The zero-order chi connectivity index (χ0) is 14.0. The number of ketones is 1. The predicted octanol–water partition coefficient (Wildman–Crippen LogP) is 3.03. The van der Waals surface area contributed by atoms with Crippen LogP contribution in [0.25, 0.3) is 0 Å². The Labute approximate surface area is 116 Å². The Bertz CT molecular complexity index is 620. The van der Waals surface area contributed by atoms with Crippen molar-refractivity contribution >= 4 is 23.2 Å². The Morgan fingerprint density at radius 3 is 2.32 bits per heavy atom. The largest absolute Gasteiger partial charge is 0.398 e. The quantitative estimate of drug-likeness (QED) is 0.529. The molecule has 98 valence electrons. The normalized spacial score (nSPS) is 10.5. The van der Waals surface area contributed by atoms with Crippen LogP contribution in [-0.4, -0.2) is 15.8 Å². The Balaban J connectivity index is 2.28. The van der Waals surface area contributed by atoms with Gasteiger partial charge in [0, 0.05) is 27.5 Å². The van der Waals surface area contributed by atoms with Crippen molar-refractivity contribution in [3.05, 3.63) is 41.2 Å². The van der Waals surface area contributed by atoms with Crippen LogP contribution in [0.1, 0.15) is 28.7 Å². The van der Waals surface area contributed by atoms with E-state index in [9.17, 15) is 4.79 Å². The molecule has 0 fully saturated rings. The maximum Gasteiger partial charge on any atom is 0.192 e. The zero-order valence-electron chi connectivity index (χ0n) is 11.1. The molecule has 0 amide bonds. The molecule has 4 nitrogen and oxygen atoms in total. The summed E-state index contributed by atoms with van der Waals surface area (Å²) in [5.41, 5.74) is 8.76. The average molecular weight is 273 g/mol. The molecule has 0 aliphatic rings. The summed E-state index contributed by atoms with van der Waals surface area (Å²) in [6, 6.07) is 7.31. The Hall–Kier alpha value is -1.88. The van der Waals surface area contributed by atoms with Gasteiger partial charge in [-0.15, -0.1) is 0 Å². The first-order valence-electron chi connectivity index (χ1n) is 5.86. The van der Waals surface area contributed by atoms with E-state index in [4.69, 9.17) is 5.73 Å². The lowest BCUT2D eigenvalue weighted by Gasteiger charge is -2.06. The summed E-state index contributed by atoms with van der Waals surface area (Å²) in [5.74, 6) is -0.0308. The molecular weight excluding hydrogens is 258 g/mol. The first-order chi connectivity index (χ1) is 8.95. The van der Waals surface area contributed by atoms with Gasteiger partial charge in [0.25, 0.3) is 0 Å². The Morgan fingerprint density at radius 2 is 1.79 bits per heavy atom. The van der Waals surface area contributed by atoms with Crippen molar-refractivity contribution in [1.82, 2.24) is 9.97 Å². The van der Waals surface area contributed by atoms with Crippen LogP contribution >= 0.6 is 11.8 Å². The third kappa shape index (κ3) is 3.32. The van der Waals surface area contributed by atoms with Gasteiger partial charge in [0.2, 0.25) is 0 Å². The number of aromatic nitrogens is 2. The number of hydrogen-bond donors (Lipinski definition) is 1. The number of anilines is 1. The van der Waals surface area contributed by atoms with Crippen LogP contribution in [0.3, 0.4) is 0 Å². The van der Waals surface area contributed by atoms with Gasteiger partial charge in [-0.1, -0.05) is 0 Å². The molecule has 2 aromatic rings. The van der Waals surface area contributed by atoms with Crippen molar-refractivity contribution in [2.45, 2.75) is 30.8 Å². The zero-order valence-corrected chi connectivity index (χ0v) is 11.9. The monoisotopic (exact) mass is 273 g/mol. The molecule has 0 saturated heterocycles. The lowest BCUT2D eigenvalue weighted by atomic mass is 10.1. The second-order valence-corrected chi connectivity index (χ2v) is 5.38. The topological polar surface area (TPSA) is 68.9 Å². The fourth-order valence-electron chi connectivity index (χ4n) is 1.77. The summed E-state index contributed by atoms with van der Waals surface area (Å²) < 4.78 is 0. The highest BCUT2D eigenvalue weighted by Crippen LogP contribution is 2.28. The molecule has 0 bridgehead atoms. The van der Waals surface area contributed by atoms with Gasteiger partial charge in [-0.2, -0.15) is 0 Å². The lowest BCUT2D eigenvalue weighted by Crippen LogP contribution is -1.99. The fourth-order valence-corrected chi connectivity index (χ4v) is 2.68. The Morgan fingerprint density at radius 1 is 1.16 bits per heavy atom. The molecule has 1 aromatic heterocycles. The van der Waals surface area contributed by atoms with Crippen molar-refractivity contribution in [2.75, 3.05) is 5.73 Å². The molecule has 0 radical (unpaired) electrons. The van der Waals surface area contributed by atoms with Gasteiger partial charge in [-0.05, 0) is 56.8 Å². The number of carbonyl (C=O) groups excluding carboxylic acids is 1. The SMILES string of the molecule is CC(=O)c1ccc(Sc2nc(C)cc(C)n2)cc1N. The van der Waals surface area contributed by atoms with Crippen molar-refractivity contribution in [3.63, 3.8) is 0 Å². The number of rotatable bonds is 3. The molecule has 2 N–H and O–H groups in total. The van der Waals surface area contributed by atoms with Gasteiger partial charge < -0.3 is 5.73 Å². The van der Waals surface area contributed by atoms with E-state index >= 15 is 0 Å². The number of carbonyl (C=O) groups is 1. The third-order valence-corrected chi connectivity index (χ3v) is 3.43. The third-order valence-electron chi connectivity index (χ3n) is 2.57. The van der Waals surface area contributed by atoms with Crippen LogP contribution in [-0.2, 0) is 0 Å². The predicted molar refractivity (Wildman–Crippen MR) is 76.5 cm³/mol. The van der Waals surface area contributed by atoms with E-state index in [1.54, 1.807) is 12.1 Å². The highest BCUT2D eigenvalue weighted by atomic mass is 32.2. The molecule has 1 heterocycles. The second kappa shape index (κ2) is 5.40. The molecule has 0 spiro atoms. The maximum absolute atomic E-state index is 11.3. The molecule has 0 aliphatic heterocycles. The van der Waals surface area contributed by atoms with E-state index in [2.05, 4.69) is 9.97 Å². The smallest absolute Gasteiger partial charge is 0.192 e. The Kier molecular flexibility index (Phi) is 3.85. The minimum absolute atomic E-state index is 0.0308. The standard InChI is InChI=1S/C14H15N3OS/c1-8-6-9(2)17-14(16-8)19-11-4-5-12(10(3)18)13(15)7-11/h4-7H,15H2,1-3H3. The van der Waals surface area contributed by atoms with Crippen molar-refractivity contribution in [3.8, 4) is 0 Å². The molecule has 1 aromatic carbocycles. The molecule has 0 unspecified atom stereocenters. The van der Waals surface area contributed by atoms with E-state index in [-0.39, 0.29) is 5.78 Å². The minimum atomic E-state index is -0.0308. The number of nitrogens with zero attached hydrogens (tertiary/aromatic N) is 2. The van der Waals surface area contributed by atoms with Crippen LogP contribution in [0.15, 0.2) is 34.3 Å². The van der Waals surface area contributed by atoms with Crippen LogP contribution < -0.4 is 5.73 Å². The average Bonchev–Trinajstić information content (AvgIpc) is 2.26. The van der Waals surface area contributed by atoms with Gasteiger partial charge in [0.1, 0.15) is 0 Å². The lowest BCUT2D eigenvalue weighted by molar-refractivity contribution is 0.101. The van der Waals surface area contributed by atoms with E-state index in [0.717, 1.165) is 16.3 Å². The first-order valence-corrected chi connectivity index (χ1v) is 6.68. The van der Waals surface area contributed by atoms with E-state index in [1.807, 2.05) is 26.0 Å². The molecule has 19 heavy (non-hydrogen) atoms. The fraction of sp³-hybridized carbons (Fsp3) is 0.214. The molecule has 2 rings (SSSR count). The first kappa shape index (κ1) is 13.5. The second-order valence-electron chi connectivity index (χ2n) is 4.34. The maximum atomic E-state index is 11.3. The summed E-state index contributed by atoms with van der Waals surface area (Å²) in [6.45, 7) is 5.38. The number of benzene rings is 1. The van der Waals surface area contributed by atoms with Gasteiger partial charge in [0.15, 0.2) is 10.9 Å². The molecule has 5 heteroatoms. The van der Waals surface area contributed by atoms with Crippen molar-refractivity contribution < 1.29 is 4.79 Å².